The molecule has 0 saturated heterocycles. The molecule has 1 spiro atoms. The Morgan fingerprint density at radius 2 is 2.17 bits per heavy atom. The number of halogens is 2. The van der Waals surface area contributed by atoms with E-state index in [1.807, 2.05) is 18.2 Å². The number of hydrogen-bond donors (Lipinski definition) is 1. The van der Waals surface area contributed by atoms with Crippen molar-refractivity contribution in [1.82, 2.24) is 0 Å². The van der Waals surface area contributed by atoms with Gasteiger partial charge in [0.1, 0.15) is 17.0 Å². The minimum absolute atomic E-state index is 0.180. The fraction of sp³-hybridized carbons (Fsp3) is 0.188. The molecule has 0 fully saturated rings. The number of benzene rings is 2. The van der Waals surface area contributed by atoms with E-state index in [4.69, 9.17) is 15.2 Å². The lowest BCUT2D eigenvalue weighted by atomic mass is 9.82. The Bertz CT molecular complexity index is 858. The summed E-state index contributed by atoms with van der Waals surface area (Å²) in [6.07, 6.45) is 0. The summed E-state index contributed by atoms with van der Waals surface area (Å²) < 4.78 is 26.4. The van der Waals surface area contributed by atoms with E-state index >= 15 is 0 Å². The molecule has 118 valence electrons. The number of methoxy groups -OCH3 is 1. The van der Waals surface area contributed by atoms with Crippen LogP contribution in [-0.2, 0) is 5.54 Å². The zero-order valence-electron chi connectivity index (χ0n) is 12.1. The molecule has 1 atom stereocenters. The van der Waals surface area contributed by atoms with Crippen molar-refractivity contribution in [3.63, 3.8) is 0 Å². The van der Waals surface area contributed by atoms with E-state index < -0.39 is 11.4 Å². The fourth-order valence-corrected chi connectivity index (χ4v) is 4.29. The monoisotopic (exact) mass is 394 g/mol. The van der Waals surface area contributed by atoms with E-state index in [1.165, 1.54) is 24.9 Å². The molecule has 7 heteroatoms. The second kappa shape index (κ2) is 5.14. The van der Waals surface area contributed by atoms with Gasteiger partial charge in [0.2, 0.25) is 0 Å². The van der Waals surface area contributed by atoms with E-state index in [-0.39, 0.29) is 5.75 Å². The molecule has 2 aliphatic heterocycles. The Hall–Kier alpha value is -1.73. The topological polar surface area (TPSA) is 56.8 Å². The van der Waals surface area contributed by atoms with Gasteiger partial charge in [-0.15, -0.1) is 0 Å². The smallest absolute Gasteiger partial charge is 0.169 e. The SMILES string of the molecule is COc1cc(F)c2c(c1)C1(CSC(N)=N1)c1cc(Br)ccc1O2. The van der Waals surface area contributed by atoms with Crippen molar-refractivity contribution in [2.45, 2.75) is 5.54 Å². The molecule has 23 heavy (non-hydrogen) atoms. The molecule has 2 aromatic carbocycles. The van der Waals surface area contributed by atoms with E-state index in [9.17, 15) is 4.39 Å². The standard InChI is InChI=1S/C16H12BrFN2O2S/c1-21-9-5-11-14(12(18)6-9)22-13-3-2-8(17)4-10(13)16(11)7-23-15(19)20-16/h2-6H,7H2,1H3,(H2,19,20). The molecule has 0 radical (unpaired) electrons. The summed E-state index contributed by atoms with van der Waals surface area (Å²) in [4.78, 5) is 4.65. The van der Waals surface area contributed by atoms with Crippen LogP contribution in [0.2, 0.25) is 0 Å². The molecule has 1 unspecified atom stereocenters. The molecular weight excluding hydrogens is 383 g/mol. The summed E-state index contributed by atoms with van der Waals surface area (Å²) in [5, 5.41) is 0.479. The number of aliphatic imine (C=N–C) groups is 1. The first-order chi connectivity index (χ1) is 11.0. The van der Waals surface area contributed by atoms with Gasteiger partial charge >= 0.3 is 0 Å². The summed E-state index contributed by atoms with van der Waals surface area (Å²) in [5.41, 5.74) is 6.66. The maximum absolute atomic E-state index is 14.5. The molecular formula is C16H12BrFN2O2S. The highest BCUT2D eigenvalue weighted by atomic mass is 79.9. The van der Waals surface area contributed by atoms with Gasteiger partial charge in [0.05, 0.1) is 7.11 Å². The molecule has 0 aromatic heterocycles. The Kier molecular flexibility index (Phi) is 3.32. The van der Waals surface area contributed by atoms with Crippen LogP contribution in [0.1, 0.15) is 11.1 Å². The number of thioether (sulfide) groups is 1. The molecule has 4 nitrogen and oxygen atoms in total. The van der Waals surface area contributed by atoms with Crippen molar-refractivity contribution in [3.8, 4) is 17.2 Å². The number of nitrogens with two attached hydrogens (primary N) is 1. The third kappa shape index (κ3) is 2.14. The van der Waals surface area contributed by atoms with Crippen molar-refractivity contribution >= 4 is 32.9 Å². The fourth-order valence-electron chi connectivity index (χ4n) is 2.97. The zero-order chi connectivity index (χ0) is 16.2. The maximum atomic E-state index is 14.5. The summed E-state index contributed by atoms with van der Waals surface area (Å²) in [7, 11) is 1.50. The third-order valence-electron chi connectivity index (χ3n) is 4.03. The number of hydrogen-bond acceptors (Lipinski definition) is 5. The third-order valence-corrected chi connectivity index (χ3v) is 5.47. The van der Waals surface area contributed by atoms with Crippen LogP contribution in [0.15, 0.2) is 39.8 Å². The molecule has 0 saturated carbocycles. The van der Waals surface area contributed by atoms with Crippen molar-refractivity contribution in [3.05, 3.63) is 51.7 Å². The molecule has 2 aromatic rings. The molecule has 0 bridgehead atoms. The van der Waals surface area contributed by atoms with Crippen LogP contribution in [-0.4, -0.2) is 18.0 Å². The van der Waals surface area contributed by atoms with Gasteiger partial charge in [0.25, 0.3) is 0 Å². The van der Waals surface area contributed by atoms with Crippen LogP contribution in [0.5, 0.6) is 17.2 Å². The number of amidine groups is 1. The largest absolute Gasteiger partial charge is 0.497 e. The van der Waals surface area contributed by atoms with Crippen LogP contribution in [0.25, 0.3) is 0 Å². The first-order valence-corrected chi connectivity index (χ1v) is 8.65. The Labute approximate surface area is 145 Å². The minimum Gasteiger partial charge on any atom is -0.497 e. The Balaban J connectivity index is 2.05. The van der Waals surface area contributed by atoms with Gasteiger partial charge in [-0.2, -0.15) is 0 Å². The van der Waals surface area contributed by atoms with Crippen LogP contribution >= 0.6 is 27.7 Å². The Morgan fingerprint density at radius 1 is 1.35 bits per heavy atom. The molecule has 0 amide bonds. The van der Waals surface area contributed by atoms with Crippen LogP contribution in [0, 0.1) is 5.82 Å². The first kappa shape index (κ1) is 14.8. The highest BCUT2D eigenvalue weighted by Gasteiger charge is 2.47. The number of nitrogens with zero attached hydrogens (tertiary/aromatic N) is 1. The van der Waals surface area contributed by atoms with Crippen molar-refractivity contribution < 1.29 is 13.9 Å². The zero-order valence-corrected chi connectivity index (χ0v) is 14.5. The average Bonchev–Trinajstić information content (AvgIpc) is 2.92. The lowest BCUT2D eigenvalue weighted by molar-refractivity contribution is 0.373. The minimum atomic E-state index is -0.767. The van der Waals surface area contributed by atoms with Crippen molar-refractivity contribution in [2.75, 3.05) is 12.9 Å². The van der Waals surface area contributed by atoms with Crippen LogP contribution < -0.4 is 15.2 Å². The molecule has 4 rings (SSSR count). The second-order valence-electron chi connectivity index (χ2n) is 5.33. The lowest BCUT2D eigenvalue weighted by Crippen LogP contribution is -2.30. The van der Waals surface area contributed by atoms with Gasteiger partial charge in [-0.05, 0) is 24.3 Å². The van der Waals surface area contributed by atoms with Gasteiger partial charge in [0.15, 0.2) is 16.7 Å². The lowest BCUT2D eigenvalue weighted by Gasteiger charge is -2.34. The summed E-state index contributed by atoms with van der Waals surface area (Å²) in [6.45, 7) is 0. The molecule has 0 aliphatic carbocycles. The average molecular weight is 395 g/mol. The predicted molar refractivity (Wildman–Crippen MR) is 92.0 cm³/mol. The van der Waals surface area contributed by atoms with Gasteiger partial charge < -0.3 is 15.2 Å². The summed E-state index contributed by atoms with van der Waals surface area (Å²) >= 11 is 4.93. The highest BCUT2D eigenvalue weighted by molar-refractivity contribution is 9.10. The van der Waals surface area contributed by atoms with E-state index in [0.717, 1.165) is 10.0 Å². The molecule has 2 heterocycles. The van der Waals surface area contributed by atoms with Gasteiger partial charge in [-0.1, -0.05) is 27.7 Å². The van der Waals surface area contributed by atoms with Gasteiger partial charge in [-0.25, -0.2) is 9.38 Å². The predicted octanol–water partition coefficient (Wildman–Crippen LogP) is 4.01. The quantitative estimate of drug-likeness (QED) is 0.793. The van der Waals surface area contributed by atoms with E-state index in [0.29, 0.717) is 28.0 Å². The second-order valence-corrected chi connectivity index (χ2v) is 7.24. The van der Waals surface area contributed by atoms with Crippen molar-refractivity contribution in [1.29, 1.82) is 0 Å². The van der Waals surface area contributed by atoms with E-state index in [2.05, 4.69) is 20.9 Å². The summed E-state index contributed by atoms with van der Waals surface area (Å²) in [5.74, 6) is 1.31. The van der Waals surface area contributed by atoms with Gasteiger partial charge in [-0.3, -0.25) is 0 Å². The normalized spacial score (nSPS) is 21.4. The molecule has 2 N–H and O–H groups in total. The number of fused-ring (bicyclic) bond motifs is 4. The Morgan fingerprint density at radius 3 is 2.87 bits per heavy atom. The molecule has 2 aliphatic rings. The van der Waals surface area contributed by atoms with Gasteiger partial charge in [0, 0.05) is 27.4 Å². The van der Waals surface area contributed by atoms with E-state index in [1.54, 1.807) is 6.07 Å². The number of rotatable bonds is 1. The maximum Gasteiger partial charge on any atom is 0.169 e. The highest BCUT2D eigenvalue weighted by Crippen LogP contribution is 2.54. The van der Waals surface area contributed by atoms with Crippen LogP contribution in [0.3, 0.4) is 0 Å². The first-order valence-electron chi connectivity index (χ1n) is 6.87. The summed E-state index contributed by atoms with van der Waals surface area (Å²) in [6, 6.07) is 8.69. The number of ether oxygens (including phenoxy) is 2. The van der Waals surface area contributed by atoms with Crippen LogP contribution in [0.4, 0.5) is 4.39 Å². The van der Waals surface area contributed by atoms with Crippen molar-refractivity contribution in [2.24, 2.45) is 10.7 Å².